The third-order valence-corrected chi connectivity index (χ3v) is 7.81. The molecule has 2 aromatic rings. The summed E-state index contributed by atoms with van der Waals surface area (Å²) in [5, 5.41) is 3.12. The molecule has 2 aliphatic rings. The van der Waals surface area contributed by atoms with Crippen molar-refractivity contribution < 1.29 is 19.1 Å². The van der Waals surface area contributed by atoms with Gasteiger partial charge in [0, 0.05) is 51.6 Å². The first-order valence-corrected chi connectivity index (χ1v) is 14.3. The number of hydrogen-bond acceptors (Lipinski definition) is 6. The zero-order chi connectivity index (χ0) is 27.5. The number of ether oxygens (including phenoxy) is 2. The molecule has 2 bridgehead atoms. The standard InChI is InChI=1S/C31H44N4O4/c1-38-28-14-12-25(22-29(28)39-2)13-15-31(37)34-19-7-6-17-33-18-9-21-35(24-33)27(26-10-4-3-5-11-26)23-30(36)32-16-8-20-34/h3-5,10-12,14,22,27H,6-9,13,15-21,23-24H2,1-2H3,(H,32,36)/t27-/m0/s1. The molecule has 2 aliphatic heterocycles. The Kier molecular flexibility index (Phi) is 11.0. The van der Waals surface area contributed by atoms with E-state index in [4.69, 9.17) is 9.47 Å². The molecule has 2 unspecified atom stereocenters. The highest BCUT2D eigenvalue weighted by molar-refractivity contribution is 5.77. The minimum absolute atomic E-state index is 0.0715. The number of hydrogen-bond donors (Lipinski definition) is 1. The van der Waals surface area contributed by atoms with Crippen molar-refractivity contribution >= 4 is 11.8 Å². The van der Waals surface area contributed by atoms with E-state index in [1.165, 1.54) is 5.56 Å². The number of nitrogens with one attached hydrogen (secondary N) is 1. The second kappa shape index (κ2) is 14.9. The van der Waals surface area contributed by atoms with Gasteiger partial charge in [0.25, 0.3) is 0 Å². The van der Waals surface area contributed by atoms with Gasteiger partial charge in [-0.25, -0.2) is 0 Å². The lowest BCUT2D eigenvalue weighted by atomic mass is 10.0. The van der Waals surface area contributed by atoms with Crippen LogP contribution in [0.5, 0.6) is 11.5 Å². The Balaban J connectivity index is 1.37. The van der Waals surface area contributed by atoms with Crippen LogP contribution in [0.1, 0.15) is 55.7 Å². The Morgan fingerprint density at radius 3 is 2.44 bits per heavy atom. The fraction of sp³-hybridized carbons (Fsp3) is 0.548. The van der Waals surface area contributed by atoms with E-state index in [0.717, 1.165) is 64.1 Å². The molecule has 2 fully saturated rings. The van der Waals surface area contributed by atoms with E-state index in [-0.39, 0.29) is 17.9 Å². The molecule has 39 heavy (non-hydrogen) atoms. The molecule has 0 aliphatic carbocycles. The highest BCUT2D eigenvalue weighted by Crippen LogP contribution is 2.29. The number of benzene rings is 2. The zero-order valence-electron chi connectivity index (χ0n) is 23.6. The van der Waals surface area contributed by atoms with Crippen molar-refractivity contribution in [1.82, 2.24) is 20.0 Å². The van der Waals surface area contributed by atoms with Crippen LogP contribution in [0.15, 0.2) is 48.5 Å². The first-order valence-electron chi connectivity index (χ1n) is 14.3. The van der Waals surface area contributed by atoms with E-state index in [0.29, 0.717) is 43.9 Å². The number of amides is 2. The van der Waals surface area contributed by atoms with Gasteiger partial charge < -0.3 is 19.7 Å². The van der Waals surface area contributed by atoms with Crippen LogP contribution in [0.25, 0.3) is 0 Å². The topological polar surface area (TPSA) is 74.4 Å². The van der Waals surface area contributed by atoms with E-state index >= 15 is 0 Å². The highest BCUT2D eigenvalue weighted by atomic mass is 16.5. The molecule has 0 radical (unpaired) electrons. The van der Waals surface area contributed by atoms with Crippen molar-refractivity contribution in [1.29, 1.82) is 0 Å². The van der Waals surface area contributed by atoms with Crippen molar-refractivity contribution in [2.24, 2.45) is 0 Å². The number of aryl methyl sites for hydroxylation is 1. The van der Waals surface area contributed by atoms with Gasteiger partial charge in [-0.3, -0.25) is 19.4 Å². The van der Waals surface area contributed by atoms with Crippen LogP contribution >= 0.6 is 0 Å². The number of nitrogens with zero attached hydrogens (tertiary/aromatic N) is 3. The van der Waals surface area contributed by atoms with E-state index < -0.39 is 0 Å². The predicted molar refractivity (Wildman–Crippen MR) is 153 cm³/mol. The Morgan fingerprint density at radius 1 is 0.897 bits per heavy atom. The van der Waals surface area contributed by atoms with Crippen LogP contribution in [0.3, 0.4) is 0 Å². The fourth-order valence-corrected chi connectivity index (χ4v) is 5.66. The van der Waals surface area contributed by atoms with E-state index in [9.17, 15) is 9.59 Å². The minimum atomic E-state index is 0.0715. The number of methoxy groups -OCH3 is 2. The average molecular weight is 537 g/mol. The Labute approximate surface area is 233 Å². The van der Waals surface area contributed by atoms with Crippen LogP contribution in [0.4, 0.5) is 0 Å². The lowest BCUT2D eigenvalue weighted by molar-refractivity contribution is -0.131. The first-order chi connectivity index (χ1) is 19.1. The minimum Gasteiger partial charge on any atom is -0.493 e. The molecule has 212 valence electrons. The zero-order valence-corrected chi connectivity index (χ0v) is 23.6. The monoisotopic (exact) mass is 536 g/mol. The molecule has 8 heteroatoms. The van der Waals surface area contributed by atoms with Gasteiger partial charge in [-0.05, 0) is 61.9 Å². The molecule has 8 nitrogen and oxygen atoms in total. The van der Waals surface area contributed by atoms with Crippen LogP contribution in [0.2, 0.25) is 0 Å². The highest BCUT2D eigenvalue weighted by Gasteiger charge is 2.27. The summed E-state index contributed by atoms with van der Waals surface area (Å²) in [5.41, 5.74) is 2.25. The van der Waals surface area contributed by atoms with Crippen molar-refractivity contribution in [2.75, 3.05) is 60.2 Å². The molecule has 2 saturated heterocycles. The maximum Gasteiger partial charge on any atom is 0.222 e. The summed E-state index contributed by atoms with van der Waals surface area (Å²) < 4.78 is 10.7. The molecule has 2 aromatic carbocycles. The first kappa shape index (κ1) is 28.9. The molecule has 3 atom stereocenters. The smallest absolute Gasteiger partial charge is 0.222 e. The second-order valence-corrected chi connectivity index (χ2v) is 10.5. The van der Waals surface area contributed by atoms with E-state index in [1.54, 1.807) is 14.2 Å². The molecular weight excluding hydrogens is 492 g/mol. The normalized spacial score (nSPS) is 23.2. The van der Waals surface area contributed by atoms with Gasteiger partial charge >= 0.3 is 0 Å². The lowest BCUT2D eigenvalue weighted by Crippen LogP contribution is -2.47. The third kappa shape index (κ3) is 8.44. The number of fused-ring (bicyclic) bond motifs is 2. The van der Waals surface area contributed by atoms with E-state index in [1.807, 2.05) is 29.2 Å². The summed E-state index contributed by atoms with van der Waals surface area (Å²) in [7, 11) is 3.24. The van der Waals surface area contributed by atoms with Gasteiger partial charge in [0.2, 0.25) is 11.8 Å². The Bertz CT molecular complexity index is 1060. The number of carbonyl (C=O) groups is 2. The molecule has 1 N–H and O–H groups in total. The van der Waals surface area contributed by atoms with Crippen molar-refractivity contribution in [3.05, 3.63) is 59.7 Å². The van der Waals surface area contributed by atoms with Gasteiger partial charge in [0.1, 0.15) is 0 Å². The van der Waals surface area contributed by atoms with Gasteiger partial charge in [-0.15, -0.1) is 0 Å². The maximum atomic E-state index is 13.2. The predicted octanol–water partition coefficient (Wildman–Crippen LogP) is 3.86. The Morgan fingerprint density at radius 2 is 1.64 bits per heavy atom. The maximum absolute atomic E-state index is 13.2. The molecule has 2 amide bonds. The van der Waals surface area contributed by atoms with E-state index in [2.05, 4.69) is 39.4 Å². The molecule has 0 saturated carbocycles. The molecule has 0 spiro atoms. The summed E-state index contributed by atoms with van der Waals surface area (Å²) in [5.74, 6) is 1.60. The molecule has 2 heterocycles. The van der Waals surface area contributed by atoms with Crippen LogP contribution in [0, 0.1) is 0 Å². The molecule has 4 rings (SSSR count). The number of rotatable bonds is 6. The third-order valence-electron chi connectivity index (χ3n) is 7.81. The largest absolute Gasteiger partial charge is 0.493 e. The summed E-state index contributed by atoms with van der Waals surface area (Å²) in [6.07, 6.45) is 5.43. The van der Waals surface area contributed by atoms with Crippen molar-refractivity contribution in [3.8, 4) is 11.5 Å². The van der Waals surface area contributed by atoms with Crippen LogP contribution in [-0.2, 0) is 16.0 Å². The molecule has 0 aromatic heterocycles. The van der Waals surface area contributed by atoms with Crippen LogP contribution < -0.4 is 14.8 Å². The summed E-state index contributed by atoms with van der Waals surface area (Å²) in [6, 6.07) is 16.3. The van der Waals surface area contributed by atoms with Gasteiger partial charge in [-0.1, -0.05) is 36.4 Å². The van der Waals surface area contributed by atoms with Gasteiger partial charge in [-0.2, -0.15) is 0 Å². The summed E-state index contributed by atoms with van der Waals surface area (Å²) >= 11 is 0. The average Bonchev–Trinajstić information content (AvgIpc) is 2.98. The number of carbonyl (C=O) groups excluding carboxylic acids is 2. The summed E-state index contributed by atoms with van der Waals surface area (Å²) in [6.45, 7) is 5.96. The SMILES string of the molecule is COc1ccc(CCC(=O)N2CCCCN3CCCN(C3)[C@H](c3ccccc3)CC(=O)NCCC2)cc1OC. The molecular formula is C31H44N4O4. The lowest BCUT2D eigenvalue weighted by Gasteiger charge is -2.40. The van der Waals surface area contributed by atoms with Crippen molar-refractivity contribution in [3.63, 3.8) is 0 Å². The summed E-state index contributed by atoms with van der Waals surface area (Å²) in [4.78, 5) is 33.2. The quantitative estimate of drug-likeness (QED) is 0.605. The second-order valence-electron chi connectivity index (χ2n) is 10.5. The fourth-order valence-electron chi connectivity index (χ4n) is 5.66. The Hall–Kier alpha value is -3.10. The van der Waals surface area contributed by atoms with Gasteiger partial charge in [0.15, 0.2) is 11.5 Å². The van der Waals surface area contributed by atoms with Crippen molar-refractivity contribution in [2.45, 2.75) is 51.0 Å². The van der Waals surface area contributed by atoms with Crippen LogP contribution in [-0.4, -0.2) is 86.7 Å². The van der Waals surface area contributed by atoms with Gasteiger partial charge in [0.05, 0.1) is 20.9 Å².